The van der Waals surface area contributed by atoms with Crippen molar-refractivity contribution >= 4 is 34.7 Å². The first-order valence-electron chi connectivity index (χ1n) is 11.8. The van der Waals surface area contributed by atoms with Crippen molar-refractivity contribution in [3.8, 4) is 34.3 Å². The summed E-state index contributed by atoms with van der Waals surface area (Å²) in [6, 6.07) is 6.75. The Morgan fingerprint density at radius 1 is 0.784 bits per heavy atom. The van der Waals surface area contributed by atoms with E-state index in [1.165, 1.54) is 44.2 Å². The molecule has 10 heteroatoms. The number of benzene rings is 2. The van der Waals surface area contributed by atoms with Gasteiger partial charge in [0.15, 0.2) is 17.3 Å². The fraction of sp³-hybridized carbons (Fsp3) is 0.296. The molecule has 194 valence electrons. The number of ether oxygens (including phenoxy) is 3. The lowest BCUT2D eigenvalue weighted by Gasteiger charge is -2.17. The van der Waals surface area contributed by atoms with Gasteiger partial charge in [0.05, 0.1) is 0 Å². The van der Waals surface area contributed by atoms with Crippen LogP contribution in [-0.4, -0.2) is 28.8 Å². The third kappa shape index (κ3) is 5.69. The molecule has 0 unspecified atom stereocenters. The van der Waals surface area contributed by atoms with Crippen LogP contribution in [0.4, 0.5) is 0 Å². The van der Waals surface area contributed by atoms with Gasteiger partial charge in [-0.25, -0.2) is 0 Å². The number of phenolic OH excluding ortho intramolecular Hbond substituents is 1. The van der Waals surface area contributed by atoms with Crippen LogP contribution in [0.15, 0.2) is 39.5 Å². The number of fused-ring (bicyclic) bond motifs is 1. The van der Waals surface area contributed by atoms with E-state index in [-0.39, 0.29) is 65.0 Å². The van der Waals surface area contributed by atoms with Crippen LogP contribution < -0.4 is 19.6 Å². The van der Waals surface area contributed by atoms with Crippen LogP contribution in [-0.2, 0) is 14.4 Å². The van der Waals surface area contributed by atoms with Crippen LogP contribution in [0.2, 0.25) is 0 Å². The molecule has 0 amide bonds. The summed E-state index contributed by atoms with van der Waals surface area (Å²) in [6.45, 7) is 6.16. The van der Waals surface area contributed by atoms with Crippen molar-refractivity contribution < 1.29 is 42.9 Å². The largest absolute Gasteiger partial charge is 0.508 e. The molecule has 2 aromatic carbocycles. The molecule has 0 radical (unpaired) electrons. The van der Waals surface area contributed by atoms with Crippen LogP contribution in [0.1, 0.15) is 63.7 Å². The fourth-order valence-corrected chi connectivity index (χ4v) is 3.37. The first-order chi connectivity index (χ1) is 17.6. The molecule has 1 aromatic heterocycles. The van der Waals surface area contributed by atoms with E-state index in [0.717, 1.165) is 0 Å². The van der Waals surface area contributed by atoms with E-state index in [9.17, 15) is 29.1 Å². The van der Waals surface area contributed by atoms with Crippen LogP contribution in [0.5, 0.6) is 23.0 Å². The van der Waals surface area contributed by atoms with Gasteiger partial charge in [-0.3, -0.25) is 24.0 Å². The van der Waals surface area contributed by atoms with Crippen molar-refractivity contribution in [3.05, 3.63) is 46.1 Å². The highest BCUT2D eigenvalue weighted by atomic mass is 16.6. The third-order valence-corrected chi connectivity index (χ3v) is 5.31. The predicted octanol–water partition coefficient (Wildman–Crippen LogP) is 4.70. The molecule has 0 spiro atoms. The second-order valence-corrected chi connectivity index (χ2v) is 7.85. The number of aromatic hydroxyl groups is 1. The molecule has 10 nitrogen and oxygen atoms in total. The highest BCUT2D eigenvalue weighted by Crippen LogP contribution is 2.41. The Morgan fingerprint density at radius 3 is 1.86 bits per heavy atom. The van der Waals surface area contributed by atoms with Crippen molar-refractivity contribution in [1.29, 1.82) is 0 Å². The maximum absolute atomic E-state index is 13.8. The maximum Gasteiger partial charge on any atom is 0.311 e. The predicted molar refractivity (Wildman–Crippen MR) is 132 cm³/mol. The van der Waals surface area contributed by atoms with Crippen molar-refractivity contribution in [3.63, 3.8) is 0 Å². The Hall–Kier alpha value is -4.47. The second kappa shape index (κ2) is 11.5. The number of carbonyl (C=O) groups excluding carboxylic acids is 4. The number of carbonyl (C=O) groups is 4. The Kier molecular flexibility index (Phi) is 8.44. The summed E-state index contributed by atoms with van der Waals surface area (Å²) in [4.78, 5) is 63.4. The van der Waals surface area contributed by atoms with Gasteiger partial charge in [-0.1, -0.05) is 27.7 Å². The van der Waals surface area contributed by atoms with Crippen LogP contribution in [0.3, 0.4) is 0 Å². The van der Waals surface area contributed by atoms with Crippen LogP contribution >= 0.6 is 0 Å². The lowest BCUT2D eigenvalue weighted by Crippen LogP contribution is -2.19. The number of rotatable bonds is 9. The highest BCUT2D eigenvalue weighted by molar-refractivity contribution is 6.08. The summed E-state index contributed by atoms with van der Waals surface area (Å²) in [5, 5.41) is 9.33. The number of hydrogen-bond donors (Lipinski definition) is 1. The highest BCUT2D eigenvalue weighted by Gasteiger charge is 2.30. The quantitative estimate of drug-likeness (QED) is 0.244. The van der Waals surface area contributed by atoms with Gasteiger partial charge in [0.1, 0.15) is 28.0 Å². The van der Waals surface area contributed by atoms with Gasteiger partial charge in [0.25, 0.3) is 0 Å². The first-order valence-corrected chi connectivity index (χ1v) is 11.8. The molecule has 37 heavy (non-hydrogen) atoms. The van der Waals surface area contributed by atoms with Crippen molar-refractivity contribution in [2.75, 3.05) is 0 Å². The minimum atomic E-state index is -0.886. The minimum Gasteiger partial charge on any atom is -0.508 e. The molecule has 1 heterocycles. The van der Waals surface area contributed by atoms with Gasteiger partial charge in [-0.2, -0.15) is 0 Å². The molecular weight excluding hydrogens is 484 g/mol. The van der Waals surface area contributed by atoms with E-state index in [1.54, 1.807) is 13.8 Å². The standard InChI is InChI=1S/C27H26O10/c1-5-16(29)22-17(34-19(30)6-2)13-18-23(26(22)36-20(31)7-3)24(33)27(37-21(32)8-4)25(35-18)14-9-11-15(28)12-10-14/h9-13,28H,5-8H2,1-4H3. The normalized spacial score (nSPS) is 10.7. The van der Waals surface area contributed by atoms with Crippen LogP contribution in [0.25, 0.3) is 22.3 Å². The van der Waals surface area contributed by atoms with E-state index in [2.05, 4.69) is 0 Å². The summed E-state index contributed by atoms with van der Waals surface area (Å²) in [5.74, 6) is -4.14. The molecule has 1 N–H and O–H groups in total. The average molecular weight is 510 g/mol. The summed E-state index contributed by atoms with van der Waals surface area (Å²) in [6.07, 6.45) is -0.228. The van der Waals surface area contributed by atoms with E-state index >= 15 is 0 Å². The molecule has 0 fully saturated rings. The number of esters is 3. The van der Waals surface area contributed by atoms with Gasteiger partial charge in [0.2, 0.25) is 11.2 Å². The number of ketones is 1. The Bertz CT molecular complexity index is 1430. The van der Waals surface area contributed by atoms with Crippen molar-refractivity contribution in [2.45, 2.75) is 53.4 Å². The zero-order valence-corrected chi connectivity index (χ0v) is 20.8. The zero-order valence-electron chi connectivity index (χ0n) is 20.8. The molecule has 0 saturated carbocycles. The third-order valence-electron chi connectivity index (χ3n) is 5.31. The number of Topliss-reactive ketones (excluding diaryl/α,β-unsaturated/α-hetero) is 1. The topological polar surface area (TPSA) is 146 Å². The monoisotopic (exact) mass is 510 g/mol. The summed E-state index contributed by atoms with van der Waals surface area (Å²) < 4.78 is 22.1. The lowest BCUT2D eigenvalue weighted by molar-refractivity contribution is -0.135. The SMILES string of the molecule is CCC(=O)Oc1cc2oc(-c3ccc(O)cc3)c(OC(=O)CC)c(=O)c2c(OC(=O)CC)c1C(=O)CC. The van der Waals surface area contributed by atoms with Crippen molar-refractivity contribution in [2.24, 2.45) is 0 Å². The molecular formula is C27H26O10. The Balaban J connectivity index is 2.52. The molecule has 0 aliphatic rings. The first kappa shape index (κ1) is 27.1. The summed E-state index contributed by atoms with van der Waals surface area (Å²) >= 11 is 0. The number of hydrogen-bond acceptors (Lipinski definition) is 10. The fourth-order valence-electron chi connectivity index (χ4n) is 3.37. The van der Waals surface area contributed by atoms with E-state index in [0.29, 0.717) is 0 Å². The molecule has 3 aromatic rings. The van der Waals surface area contributed by atoms with Crippen LogP contribution in [0, 0.1) is 0 Å². The van der Waals surface area contributed by atoms with Gasteiger partial charge >= 0.3 is 17.9 Å². The molecule has 0 aliphatic carbocycles. The maximum atomic E-state index is 13.8. The second-order valence-electron chi connectivity index (χ2n) is 7.85. The number of phenols is 1. The molecule has 0 bridgehead atoms. The Morgan fingerprint density at radius 2 is 1.32 bits per heavy atom. The van der Waals surface area contributed by atoms with E-state index < -0.39 is 40.6 Å². The average Bonchev–Trinajstić information content (AvgIpc) is 2.89. The molecule has 3 rings (SSSR count). The summed E-state index contributed by atoms with van der Waals surface area (Å²) in [5.41, 5.74) is -1.07. The summed E-state index contributed by atoms with van der Waals surface area (Å²) in [7, 11) is 0. The smallest absolute Gasteiger partial charge is 0.311 e. The molecule has 0 aliphatic heterocycles. The lowest BCUT2D eigenvalue weighted by atomic mass is 10.0. The van der Waals surface area contributed by atoms with E-state index in [1.807, 2.05) is 0 Å². The van der Waals surface area contributed by atoms with Gasteiger partial charge in [-0.15, -0.1) is 0 Å². The van der Waals surface area contributed by atoms with E-state index in [4.69, 9.17) is 18.6 Å². The minimum absolute atomic E-state index is 0.0174. The van der Waals surface area contributed by atoms with Gasteiger partial charge in [-0.05, 0) is 24.3 Å². The molecule has 0 atom stereocenters. The zero-order chi connectivity index (χ0) is 27.3. The van der Waals surface area contributed by atoms with Gasteiger partial charge < -0.3 is 23.7 Å². The van der Waals surface area contributed by atoms with Crippen molar-refractivity contribution in [1.82, 2.24) is 0 Å². The van der Waals surface area contributed by atoms with Gasteiger partial charge in [0, 0.05) is 37.3 Å². The Labute approximate surface area is 211 Å². The molecule has 0 saturated heterocycles.